The third-order valence-corrected chi connectivity index (χ3v) is 3.96. The number of amides is 1. The minimum atomic E-state index is -0.597. The highest BCUT2D eigenvalue weighted by Gasteiger charge is 2.42. The molecule has 0 atom stereocenters. The molecule has 2 fully saturated rings. The second-order valence-electron chi connectivity index (χ2n) is 5.44. The van der Waals surface area contributed by atoms with Crippen LogP contribution in [-0.4, -0.2) is 48.0 Å². The topological polar surface area (TPSA) is 59.0 Å². The van der Waals surface area contributed by atoms with Crippen molar-refractivity contribution in [1.29, 1.82) is 0 Å². The Balaban J connectivity index is 1.77. The Morgan fingerprint density at radius 1 is 1.35 bits per heavy atom. The number of piperidine rings is 1. The number of likely N-dealkylation sites (tertiary alicyclic amines) is 1. The van der Waals surface area contributed by atoms with E-state index in [1.165, 1.54) is 0 Å². The molecule has 5 nitrogen and oxygen atoms in total. The summed E-state index contributed by atoms with van der Waals surface area (Å²) in [7, 11) is 0. The summed E-state index contributed by atoms with van der Waals surface area (Å²) in [6.07, 6.45) is 1.72. The van der Waals surface area contributed by atoms with E-state index in [0.717, 1.165) is 12.8 Å². The quantitative estimate of drug-likeness (QED) is 0.848. The maximum atomic E-state index is 12.5. The molecule has 0 unspecified atom stereocenters. The van der Waals surface area contributed by atoms with Crippen LogP contribution in [0.5, 0.6) is 5.75 Å². The fourth-order valence-corrected chi connectivity index (χ4v) is 2.87. The van der Waals surface area contributed by atoms with Gasteiger partial charge >= 0.3 is 0 Å². The Hall–Kier alpha value is -1.59. The van der Waals surface area contributed by atoms with Crippen molar-refractivity contribution in [1.82, 2.24) is 4.90 Å². The molecular formula is C15H19NO4. The van der Waals surface area contributed by atoms with Crippen molar-refractivity contribution in [2.75, 3.05) is 26.3 Å². The van der Waals surface area contributed by atoms with E-state index in [0.29, 0.717) is 37.4 Å². The molecule has 2 heterocycles. The number of hydrogen-bond donors (Lipinski definition) is 1. The van der Waals surface area contributed by atoms with Crippen LogP contribution in [0.25, 0.3) is 0 Å². The molecule has 0 radical (unpaired) electrons. The summed E-state index contributed by atoms with van der Waals surface area (Å²) in [5.41, 5.74) is 1.30. The summed E-state index contributed by atoms with van der Waals surface area (Å²) in [6, 6.07) is 4.93. The molecule has 1 amide bonds. The summed E-state index contributed by atoms with van der Waals surface area (Å²) in [4.78, 5) is 14.3. The normalized spacial score (nSPS) is 21.4. The van der Waals surface area contributed by atoms with Gasteiger partial charge in [0.2, 0.25) is 0 Å². The third-order valence-electron chi connectivity index (χ3n) is 3.96. The molecule has 5 heteroatoms. The SMILES string of the molecule is Cc1cc(C(=O)N2CCCC3(C2)OCCO3)ccc1O. The number of rotatable bonds is 1. The summed E-state index contributed by atoms with van der Waals surface area (Å²) in [6.45, 7) is 4.17. The molecule has 0 aliphatic carbocycles. The first-order valence-corrected chi connectivity index (χ1v) is 6.96. The highest BCUT2D eigenvalue weighted by Crippen LogP contribution is 2.31. The van der Waals surface area contributed by atoms with Gasteiger partial charge in [0, 0.05) is 18.5 Å². The monoisotopic (exact) mass is 277 g/mol. The molecule has 0 bridgehead atoms. The van der Waals surface area contributed by atoms with Gasteiger partial charge < -0.3 is 19.5 Å². The zero-order chi connectivity index (χ0) is 14.2. The third kappa shape index (κ3) is 2.39. The molecule has 2 saturated heterocycles. The van der Waals surface area contributed by atoms with E-state index in [1.54, 1.807) is 30.0 Å². The van der Waals surface area contributed by atoms with Gasteiger partial charge in [0.05, 0.1) is 19.8 Å². The van der Waals surface area contributed by atoms with Crippen molar-refractivity contribution in [3.63, 3.8) is 0 Å². The molecule has 0 aromatic heterocycles. The Bertz CT molecular complexity index is 523. The van der Waals surface area contributed by atoms with E-state index in [2.05, 4.69) is 0 Å². The van der Waals surface area contributed by atoms with Gasteiger partial charge in [0.25, 0.3) is 5.91 Å². The van der Waals surface area contributed by atoms with Crippen molar-refractivity contribution in [2.45, 2.75) is 25.6 Å². The molecule has 2 aliphatic heterocycles. The van der Waals surface area contributed by atoms with Crippen LogP contribution in [0, 0.1) is 6.92 Å². The number of aromatic hydroxyl groups is 1. The first-order chi connectivity index (χ1) is 9.60. The molecule has 1 N–H and O–H groups in total. The Morgan fingerprint density at radius 3 is 2.80 bits per heavy atom. The maximum absolute atomic E-state index is 12.5. The summed E-state index contributed by atoms with van der Waals surface area (Å²) < 4.78 is 11.4. The lowest BCUT2D eigenvalue weighted by molar-refractivity contribution is -0.183. The Kier molecular flexibility index (Phi) is 3.40. The van der Waals surface area contributed by atoms with Crippen LogP contribution in [0.3, 0.4) is 0 Å². The lowest BCUT2D eigenvalue weighted by Crippen LogP contribution is -2.51. The van der Waals surface area contributed by atoms with E-state index >= 15 is 0 Å². The molecule has 108 valence electrons. The van der Waals surface area contributed by atoms with Gasteiger partial charge in [0.1, 0.15) is 5.75 Å². The predicted octanol–water partition coefficient (Wildman–Crippen LogP) is 1.68. The summed E-state index contributed by atoms with van der Waals surface area (Å²) in [5.74, 6) is -0.426. The fraction of sp³-hybridized carbons (Fsp3) is 0.533. The molecule has 1 aromatic rings. The number of hydrogen-bond acceptors (Lipinski definition) is 4. The van der Waals surface area contributed by atoms with Crippen LogP contribution in [0.15, 0.2) is 18.2 Å². The smallest absolute Gasteiger partial charge is 0.254 e. The average Bonchev–Trinajstić information content (AvgIpc) is 2.89. The van der Waals surface area contributed by atoms with E-state index in [1.807, 2.05) is 0 Å². The fourth-order valence-electron chi connectivity index (χ4n) is 2.87. The van der Waals surface area contributed by atoms with E-state index in [4.69, 9.17) is 9.47 Å². The number of carbonyl (C=O) groups excluding carboxylic acids is 1. The van der Waals surface area contributed by atoms with Crippen LogP contribution in [0.1, 0.15) is 28.8 Å². The largest absolute Gasteiger partial charge is 0.508 e. The number of benzene rings is 1. The molecule has 1 aromatic carbocycles. The van der Waals surface area contributed by atoms with Crippen LogP contribution in [-0.2, 0) is 9.47 Å². The zero-order valence-corrected chi connectivity index (χ0v) is 11.6. The highest BCUT2D eigenvalue weighted by atomic mass is 16.7. The van der Waals surface area contributed by atoms with Crippen LogP contribution < -0.4 is 0 Å². The molecule has 1 spiro atoms. The second-order valence-corrected chi connectivity index (χ2v) is 5.44. The van der Waals surface area contributed by atoms with Gasteiger partial charge in [-0.3, -0.25) is 4.79 Å². The number of phenols is 1. The number of carbonyl (C=O) groups is 1. The number of ether oxygens (including phenoxy) is 2. The molecular weight excluding hydrogens is 258 g/mol. The summed E-state index contributed by atoms with van der Waals surface area (Å²) in [5, 5.41) is 9.54. The van der Waals surface area contributed by atoms with Gasteiger partial charge in [-0.1, -0.05) is 0 Å². The number of aryl methyl sites for hydroxylation is 1. The Morgan fingerprint density at radius 2 is 2.10 bits per heavy atom. The maximum Gasteiger partial charge on any atom is 0.254 e. The summed E-state index contributed by atoms with van der Waals surface area (Å²) >= 11 is 0. The number of nitrogens with zero attached hydrogens (tertiary/aromatic N) is 1. The predicted molar refractivity (Wildman–Crippen MR) is 72.6 cm³/mol. The van der Waals surface area contributed by atoms with Crippen molar-refractivity contribution >= 4 is 5.91 Å². The zero-order valence-electron chi connectivity index (χ0n) is 11.6. The van der Waals surface area contributed by atoms with Crippen molar-refractivity contribution in [3.05, 3.63) is 29.3 Å². The van der Waals surface area contributed by atoms with Gasteiger partial charge in [-0.25, -0.2) is 0 Å². The second kappa shape index (κ2) is 5.07. The lowest BCUT2D eigenvalue weighted by atomic mass is 10.0. The first-order valence-electron chi connectivity index (χ1n) is 6.96. The van der Waals surface area contributed by atoms with Gasteiger partial charge in [-0.15, -0.1) is 0 Å². The molecule has 20 heavy (non-hydrogen) atoms. The van der Waals surface area contributed by atoms with E-state index in [-0.39, 0.29) is 11.7 Å². The standard InChI is InChI=1S/C15H19NO4/c1-11-9-12(3-4-13(11)17)14(18)16-6-2-5-15(10-16)19-7-8-20-15/h3-4,9,17H,2,5-8,10H2,1H3. The average molecular weight is 277 g/mol. The molecule has 2 aliphatic rings. The van der Waals surface area contributed by atoms with Crippen molar-refractivity contribution in [2.24, 2.45) is 0 Å². The first kappa shape index (κ1) is 13.4. The van der Waals surface area contributed by atoms with E-state index in [9.17, 15) is 9.90 Å². The van der Waals surface area contributed by atoms with Crippen LogP contribution in [0.2, 0.25) is 0 Å². The number of phenolic OH excluding ortho intramolecular Hbond substituents is 1. The van der Waals surface area contributed by atoms with Crippen molar-refractivity contribution < 1.29 is 19.4 Å². The van der Waals surface area contributed by atoms with Crippen LogP contribution in [0.4, 0.5) is 0 Å². The van der Waals surface area contributed by atoms with Gasteiger partial charge in [0.15, 0.2) is 5.79 Å². The minimum Gasteiger partial charge on any atom is -0.508 e. The van der Waals surface area contributed by atoms with Gasteiger partial charge in [-0.2, -0.15) is 0 Å². The van der Waals surface area contributed by atoms with Crippen LogP contribution >= 0.6 is 0 Å². The minimum absolute atomic E-state index is 0.0359. The van der Waals surface area contributed by atoms with Crippen molar-refractivity contribution in [3.8, 4) is 5.75 Å². The van der Waals surface area contributed by atoms with Gasteiger partial charge in [-0.05, 0) is 37.1 Å². The Labute approximate surface area is 118 Å². The van der Waals surface area contributed by atoms with E-state index < -0.39 is 5.79 Å². The highest BCUT2D eigenvalue weighted by molar-refractivity contribution is 5.94. The molecule has 3 rings (SSSR count). The molecule has 0 saturated carbocycles. The lowest BCUT2D eigenvalue weighted by Gasteiger charge is -2.38.